The molecule has 9 nitrogen and oxygen atoms in total. The molecule has 0 aromatic rings. The Labute approximate surface area is 130 Å². The molecule has 0 unspecified atom stereocenters. The molecular formula is C12H15N3O6S. The van der Waals surface area contributed by atoms with Crippen LogP contribution in [0.5, 0.6) is 0 Å². The number of rotatable bonds is 5. The number of amides is 4. The Morgan fingerprint density at radius 3 is 2.77 bits per heavy atom. The maximum Gasteiger partial charge on any atom is 0.415 e. The van der Waals surface area contributed by atoms with Gasteiger partial charge in [0.2, 0.25) is 5.91 Å². The summed E-state index contributed by atoms with van der Waals surface area (Å²) in [5, 5.41) is 13.5. The molecule has 10 heteroatoms. The van der Waals surface area contributed by atoms with E-state index in [2.05, 4.69) is 10.1 Å². The van der Waals surface area contributed by atoms with Crippen molar-refractivity contribution in [1.29, 1.82) is 0 Å². The number of carbonyl (C=O) groups is 4. The van der Waals surface area contributed by atoms with Crippen molar-refractivity contribution in [3.8, 4) is 0 Å². The van der Waals surface area contributed by atoms with Crippen LogP contribution >= 0.6 is 11.8 Å². The first-order chi connectivity index (χ1) is 10.4. The molecule has 2 aliphatic heterocycles. The van der Waals surface area contributed by atoms with Crippen LogP contribution in [-0.4, -0.2) is 53.0 Å². The second-order valence-electron chi connectivity index (χ2n) is 4.59. The van der Waals surface area contributed by atoms with Crippen LogP contribution in [0, 0.1) is 0 Å². The molecule has 2 rings (SSSR count). The van der Waals surface area contributed by atoms with Crippen LogP contribution in [0.4, 0.5) is 9.59 Å². The number of allylic oxidation sites excluding steroid dienone is 1. The van der Waals surface area contributed by atoms with Crippen molar-refractivity contribution in [2.45, 2.75) is 24.6 Å². The molecule has 22 heavy (non-hydrogen) atoms. The Morgan fingerprint density at radius 1 is 1.45 bits per heavy atom. The number of nitrogens with zero attached hydrogens (tertiary/aromatic N) is 1. The van der Waals surface area contributed by atoms with Crippen molar-refractivity contribution < 1.29 is 29.0 Å². The lowest BCUT2D eigenvalue weighted by Gasteiger charge is -2.33. The van der Waals surface area contributed by atoms with Gasteiger partial charge in [-0.3, -0.25) is 9.69 Å². The molecule has 0 saturated carbocycles. The number of hydrogen-bond donors (Lipinski definition) is 3. The van der Waals surface area contributed by atoms with Gasteiger partial charge >= 0.3 is 18.1 Å². The van der Waals surface area contributed by atoms with E-state index >= 15 is 0 Å². The molecule has 2 aliphatic rings. The minimum atomic E-state index is -1.12. The zero-order valence-electron chi connectivity index (χ0n) is 11.7. The van der Waals surface area contributed by atoms with E-state index in [4.69, 9.17) is 0 Å². The first-order valence-corrected chi connectivity index (χ1v) is 7.40. The van der Waals surface area contributed by atoms with E-state index in [0.717, 1.165) is 7.11 Å². The number of fused-ring (bicyclic) bond motifs is 1. The number of carbonyl (C=O) groups excluding carboxylic acids is 3. The highest BCUT2D eigenvalue weighted by atomic mass is 32.2. The maximum absolute atomic E-state index is 11.4. The zero-order chi connectivity index (χ0) is 16.3. The summed E-state index contributed by atoms with van der Waals surface area (Å²) in [6.45, 7) is 0.262. The third-order valence-electron chi connectivity index (χ3n) is 3.16. The highest BCUT2D eigenvalue weighted by Crippen LogP contribution is 2.47. The highest BCUT2D eigenvalue weighted by Gasteiger charge is 2.47. The molecule has 0 spiro atoms. The van der Waals surface area contributed by atoms with Crippen molar-refractivity contribution >= 4 is 35.8 Å². The van der Waals surface area contributed by atoms with Crippen LogP contribution in [0.2, 0.25) is 0 Å². The van der Waals surface area contributed by atoms with E-state index < -0.39 is 18.1 Å². The fourth-order valence-electron chi connectivity index (χ4n) is 2.14. The first-order valence-electron chi connectivity index (χ1n) is 6.52. The largest absolute Gasteiger partial charge is 0.477 e. The number of carboxylic acid groups (broad SMARTS) is 1. The Balaban J connectivity index is 1.80. The SMILES string of the molecule is COC(=O)NC(=O)NCCCC1=C(C(=O)O)N2C(=O)C[C@@H]2S1. The summed E-state index contributed by atoms with van der Waals surface area (Å²) in [7, 11) is 1.14. The molecule has 0 bridgehead atoms. The molecular weight excluding hydrogens is 314 g/mol. The maximum atomic E-state index is 11.4. The van der Waals surface area contributed by atoms with Gasteiger partial charge in [-0.1, -0.05) is 0 Å². The number of hydrogen-bond acceptors (Lipinski definition) is 6. The third-order valence-corrected chi connectivity index (χ3v) is 4.49. The van der Waals surface area contributed by atoms with E-state index in [1.807, 2.05) is 5.32 Å². The first kappa shape index (κ1) is 16.1. The topological polar surface area (TPSA) is 125 Å². The molecule has 0 aromatic heterocycles. The second-order valence-corrected chi connectivity index (χ2v) is 5.87. The number of aliphatic carboxylic acids is 1. The van der Waals surface area contributed by atoms with Crippen LogP contribution in [0.25, 0.3) is 0 Å². The molecule has 2 heterocycles. The third kappa shape index (κ3) is 3.32. The highest BCUT2D eigenvalue weighted by molar-refractivity contribution is 8.04. The summed E-state index contributed by atoms with van der Waals surface area (Å²) in [6.07, 6.45) is 0.417. The molecule has 1 fully saturated rings. The molecule has 4 amide bonds. The van der Waals surface area contributed by atoms with Gasteiger partial charge in [0, 0.05) is 11.4 Å². The van der Waals surface area contributed by atoms with E-state index in [1.54, 1.807) is 0 Å². The smallest absolute Gasteiger partial charge is 0.415 e. The monoisotopic (exact) mass is 329 g/mol. The normalized spacial score (nSPS) is 19.4. The second kappa shape index (κ2) is 6.69. The standard InChI is InChI=1S/C12H15N3O6S/c1-21-12(20)14-11(19)13-4-2-3-6-9(10(17)18)15-7(16)5-8(15)22-6/h8H,2-5H2,1H3,(H,17,18)(H2,13,14,19,20)/t8-/m0/s1. The number of urea groups is 1. The molecule has 120 valence electrons. The van der Waals surface area contributed by atoms with Crippen molar-refractivity contribution in [3.63, 3.8) is 0 Å². The summed E-state index contributed by atoms with van der Waals surface area (Å²) in [4.78, 5) is 46.7. The Hall–Kier alpha value is -2.23. The van der Waals surface area contributed by atoms with Gasteiger partial charge in [-0.15, -0.1) is 11.8 Å². The van der Waals surface area contributed by atoms with Crippen molar-refractivity contribution in [2.75, 3.05) is 13.7 Å². The quantitative estimate of drug-likeness (QED) is 0.493. The molecule has 0 radical (unpaired) electrons. The number of nitrogens with one attached hydrogen (secondary N) is 2. The number of ether oxygens (including phenoxy) is 1. The van der Waals surface area contributed by atoms with Crippen LogP contribution in [0.3, 0.4) is 0 Å². The Bertz CT molecular complexity index is 561. The van der Waals surface area contributed by atoms with Gasteiger partial charge in [0.05, 0.1) is 18.9 Å². The van der Waals surface area contributed by atoms with Crippen LogP contribution in [0.1, 0.15) is 19.3 Å². The van der Waals surface area contributed by atoms with Crippen molar-refractivity contribution in [1.82, 2.24) is 15.5 Å². The van der Waals surface area contributed by atoms with Gasteiger partial charge in [0.25, 0.3) is 0 Å². The summed E-state index contributed by atoms with van der Waals surface area (Å²) >= 11 is 1.38. The number of methoxy groups -OCH3 is 1. The number of carboxylic acids is 1. The van der Waals surface area contributed by atoms with E-state index in [1.165, 1.54) is 16.7 Å². The van der Waals surface area contributed by atoms with Crippen molar-refractivity contribution in [2.24, 2.45) is 0 Å². The van der Waals surface area contributed by atoms with Gasteiger partial charge in [-0.05, 0) is 12.8 Å². The Morgan fingerprint density at radius 2 is 2.18 bits per heavy atom. The van der Waals surface area contributed by atoms with Gasteiger partial charge in [-0.2, -0.15) is 0 Å². The van der Waals surface area contributed by atoms with E-state index in [-0.39, 0.29) is 23.5 Å². The summed E-state index contributed by atoms with van der Waals surface area (Å²) < 4.78 is 4.27. The molecule has 1 atom stereocenters. The zero-order valence-corrected chi connectivity index (χ0v) is 12.6. The molecule has 3 N–H and O–H groups in total. The van der Waals surface area contributed by atoms with Gasteiger partial charge in [-0.25, -0.2) is 19.7 Å². The molecule has 0 aliphatic carbocycles. The number of imide groups is 1. The van der Waals surface area contributed by atoms with Crippen molar-refractivity contribution in [3.05, 3.63) is 10.6 Å². The van der Waals surface area contributed by atoms with Crippen LogP contribution in [-0.2, 0) is 14.3 Å². The lowest BCUT2D eigenvalue weighted by atomic mass is 10.1. The molecule has 0 aromatic carbocycles. The fourth-order valence-corrected chi connectivity index (χ4v) is 3.59. The average molecular weight is 329 g/mol. The lowest BCUT2D eigenvalue weighted by molar-refractivity contribution is -0.145. The van der Waals surface area contributed by atoms with E-state index in [0.29, 0.717) is 24.2 Å². The van der Waals surface area contributed by atoms with Gasteiger partial charge in [0.1, 0.15) is 5.70 Å². The summed E-state index contributed by atoms with van der Waals surface area (Å²) in [6, 6.07) is -0.683. The van der Waals surface area contributed by atoms with E-state index in [9.17, 15) is 24.3 Å². The predicted octanol–water partition coefficient (Wildman–Crippen LogP) is 0.434. The lowest BCUT2D eigenvalue weighted by Crippen LogP contribution is -2.48. The average Bonchev–Trinajstić information content (AvgIpc) is 2.76. The number of thioether (sulfide) groups is 1. The Kier molecular flexibility index (Phi) is 4.91. The van der Waals surface area contributed by atoms with Crippen LogP contribution in [0.15, 0.2) is 10.6 Å². The van der Waals surface area contributed by atoms with Gasteiger partial charge < -0.3 is 15.2 Å². The summed E-state index contributed by atoms with van der Waals surface area (Å²) in [5.41, 5.74) is 0.0465. The summed E-state index contributed by atoms with van der Waals surface area (Å²) in [5.74, 6) is -1.30. The van der Waals surface area contributed by atoms with Crippen LogP contribution < -0.4 is 10.6 Å². The molecule has 1 saturated heterocycles. The minimum absolute atomic E-state index is 0.0465. The fraction of sp³-hybridized carbons (Fsp3) is 0.500. The number of β-lactam (4-membered cyclic amide) rings is 1. The minimum Gasteiger partial charge on any atom is -0.477 e. The number of alkyl carbamates (subject to hydrolysis) is 1. The predicted molar refractivity (Wildman–Crippen MR) is 75.7 cm³/mol. The van der Waals surface area contributed by atoms with Gasteiger partial charge in [0.15, 0.2) is 0 Å².